The Morgan fingerprint density at radius 2 is 1.73 bits per heavy atom. The predicted molar refractivity (Wildman–Crippen MR) is 67.8 cm³/mol. The SMILES string of the molecule is C=C1CN(C)C(=O)C/C1=C/C.CC.CC. The van der Waals surface area contributed by atoms with E-state index in [-0.39, 0.29) is 5.91 Å². The van der Waals surface area contributed by atoms with Crippen LogP contribution in [0.4, 0.5) is 0 Å². The van der Waals surface area contributed by atoms with Crippen LogP contribution in [-0.2, 0) is 4.79 Å². The van der Waals surface area contributed by atoms with Crippen molar-refractivity contribution in [2.75, 3.05) is 13.6 Å². The fourth-order valence-corrected chi connectivity index (χ4v) is 1.21. The van der Waals surface area contributed by atoms with E-state index >= 15 is 0 Å². The Kier molecular flexibility index (Phi) is 10.4. The van der Waals surface area contributed by atoms with Crippen LogP contribution in [0.5, 0.6) is 0 Å². The lowest BCUT2D eigenvalue weighted by Crippen LogP contribution is -2.33. The molecule has 15 heavy (non-hydrogen) atoms. The molecule has 1 aliphatic heterocycles. The largest absolute Gasteiger partial charge is 0.341 e. The maximum atomic E-state index is 11.2. The highest BCUT2D eigenvalue weighted by atomic mass is 16.2. The van der Waals surface area contributed by atoms with Gasteiger partial charge in [-0.2, -0.15) is 0 Å². The van der Waals surface area contributed by atoms with E-state index in [0.29, 0.717) is 13.0 Å². The Morgan fingerprint density at radius 1 is 1.27 bits per heavy atom. The number of hydrogen-bond donors (Lipinski definition) is 0. The fraction of sp³-hybridized carbons (Fsp3) is 0.615. The first-order valence-electron chi connectivity index (χ1n) is 5.72. The second kappa shape index (κ2) is 9.50. The van der Waals surface area contributed by atoms with Crippen LogP contribution in [-0.4, -0.2) is 24.4 Å². The van der Waals surface area contributed by atoms with Gasteiger partial charge in [-0.15, -0.1) is 0 Å². The third-order valence-corrected chi connectivity index (χ3v) is 2.00. The standard InChI is InChI=1S/C9H13NO.2C2H6/c1-4-8-5-9(11)10(3)6-7(8)2;2*1-2/h4H,2,5-6H2,1,3H3;2*1-2H3/b8-4-;;. The van der Waals surface area contributed by atoms with Crippen LogP contribution in [0.15, 0.2) is 23.8 Å². The molecule has 0 aromatic carbocycles. The third kappa shape index (κ3) is 5.40. The van der Waals surface area contributed by atoms with E-state index in [4.69, 9.17) is 0 Å². The summed E-state index contributed by atoms with van der Waals surface area (Å²) < 4.78 is 0. The minimum Gasteiger partial charge on any atom is -0.341 e. The van der Waals surface area contributed by atoms with Gasteiger partial charge in [0.2, 0.25) is 5.91 Å². The zero-order valence-corrected chi connectivity index (χ0v) is 11.1. The summed E-state index contributed by atoms with van der Waals surface area (Å²) in [5.74, 6) is 0.186. The summed E-state index contributed by atoms with van der Waals surface area (Å²) in [6.07, 6.45) is 2.49. The third-order valence-electron chi connectivity index (χ3n) is 2.00. The summed E-state index contributed by atoms with van der Waals surface area (Å²) >= 11 is 0. The number of hydrogen-bond acceptors (Lipinski definition) is 1. The van der Waals surface area contributed by atoms with Crippen molar-refractivity contribution < 1.29 is 4.79 Å². The van der Waals surface area contributed by atoms with E-state index in [1.165, 1.54) is 0 Å². The Bertz CT molecular complexity index is 229. The van der Waals surface area contributed by atoms with Gasteiger partial charge in [-0.25, -0.2) is 0 Å². The number of carbonyl (C=O) groups excluding carboxylic acids is 1. The van der Waals surface area contributed by atoms with E-state index < -0.39 is 0 Å². The highest BCUT2D eigenvalue weighted by molar-refractivity contribution is 5.82. The van der Waals surface area contributed by atoms with Crippen molar-refractivity contribution >= 4 is 5.91 Å². The van der Waals surface area contributed by atoms with Crippen molar-refractivity contribution in [2.24, 2.45) is 0 Å². The molecule has 1 saturated heterocycles. The van der Waals surface area contributed by atoms with Gasteiger partial charge in [-0.1, -0.05) is 40.3 Å². The molecule has 88 valence electrons. The molecular weight excluding hydrogens is 186 g/mol. The van der Waals surface area contributed by atoms with Crippen molar-refractivity contribution in [1.82, 2.24) is 4.90 Å². The number of rotatable bonds is 0. The number of likely N-dealkylation sites (N-methyl/N-ethyl adjacent to an activating group) is 1. The second-order valence-corrected chi connectivity index (χ2v) is 2.84. The van der Waals surface area contributed by atoms with Crippen LogP contribution < -0.4 is 0 Å². The fourth-order valence-electron chi connectivity index (χ4n) is 1.21. The Hall–Kier alpha value is -1.05. The van der Waals surface area contributed by atoms with Crippen molar-refractivity contribution in [2.45, 2.75) is 41.0 Å². The lowest BCUT2D eigenvalue weighted by atomic mass is 9.99. The molecule has 0 atom stereocenters. The van der Waals surface area contributed by atoms with Gasteiger partial charge in [0.1, 0.15) is 0 Å². The van der Waals surface area contributed by atoms with Gasteiger partial charge < -0.3 is 4.90 Å². The molecule has 0 N–H and O–H groups in total. The Labute approximate surface area is 94.7 Å². The van der Waals surface area contributed by atoms with Crippen molar-refractivity contribution in [3.05, 3.63) is 23.8 Å². The van der Waals surface area contributed by atoms with Crippen molar-refractivity contribution in [3.63, 3.8) is 0 Å². The summed E-state index contributed by atoms with van der Waals surface area (Å²) in [6, 6.07) is 0. The van der Waals surface area contributed by atoms with Crippen LogP contribution in [0, 0.1) is 0 Å². The van der Waals surface area contributed by atoms with Crippen LogP contribution in [0.1, 0.15) is 41.0 Å². The van der Waals surface area contributed by atoms with Gasteiger partial charge in [0.05, 0.1) is 6.42 Å². The smallest absolute Gasteiger partial charge is 0.227 e. The molecule has 1 fully saturated rings. The molecule has 1 rings (SSSR count). The molecule has 0 aromatic rings. The first kappa shape index (κ1) is 16.4. The topological polar surface area (TPSA) is 20.3 Å². The molecule has 2 heteroatoms. The van der Waals surface area contributed by atoms with Crippen LogP contribution in [0.25, 0.3) is 0 Å². The van der Waals surface area contributed by atoms with Gasteiger partial charge in [0, 0.05) is 13.6 Å². The molecule has 0 spiro atoms. The number of piperidine rings is 1. The average molecular weight is 211 g/mol. The normalized spacial score (nSPS) is 17.7. The van der Waals surface area contributed by atoms with E-state index in [2.05, 4.69) is 6.58 Å². The number of nitrogens with zero attached hydrogens (tertiary/aromatic N) is 1. The molecule has 0 aromatic heterocycles. The quantitative estimate of drug-likeness (QED) is 0.601. The number of amides is 1. The van der Waals surface area contributed by atoms with Crippen molar-refractivity contribution in [1.29, 1.82) is 0 Å². The van der Waals surface area contributed by atoms with Gasteiger partial charge >= 0.3 is 0 Å². The number of likely N-dealkylation sites (tertiary alicyclic amines) is 1. The molecule has 2 nitrogen and oxygen atoms in total. The highest BCUT2D eigenvalue weighted by Gasteiger charge is 2.19. The summed E-state index contributed by atoms with van der Waals surface area (Å²) in [7, 11) is 1.81. The molecule has 0 aliphatic carbocycles. The monoisotopic (exact) mass is 211 g/mol. The molecule has 1 aliphatic rings. The summed E-state index contributed by atoms with van der Waals surface area (Å²) in [4.78, 5) is 12.9. The minimum atomic E-state index is 0.186. The summed E-state index contributed by atoms with van der Waals surface area (Å²) in [6.45, 7) is 14.5. The molecule has 0 saturated carbocycles. The average Bonchev–Trinajstić information content (AvgIpc) is 2.29. The maximum Gasteiger partial charge on any atom is 0.227 e. The zero-order chi connectivity index (χ0) is 12.4. The summed E-state index contributed by atoms with van der Waals surface area (Å²) in [5.41, 5.74) is 2.16. The molecule has 0 unspecified atom stereocenters. The maximum absolute atomic E-state index is 11.2. The second-order valence-electron chi connectivity index (χ2n) is 2.84. The molecule has 1 heterocycles. The van der Waals surface area contributed by atoms with E-state index in [0.717, 1.165) is 11.1 Å². The first-order chi connectivity index (χ1) is 7.15. The van der Waals surface area contributed by atoms with Gasteiger partial charge in [-0.3, -0.25) is 4.79 Å². The highest BCUT2D eigenvalue weighted by Crippen LogP contribution is 2.19. The van der Waals surface area contributed by atoms with Crippen molar-refractivity contribution in [3.8, 4) is 0 Å². The molecule has 0 bridgehead atoms. The zero-order valence-electron chi connectivity index (χ0n) is 11.1. The Morgan fingerprint density at radius 3 is 2.13 bits per heavy atom. The molecule has 0 radical (unpaired) electrons. The van der Waals surface area contributed by atoms with Crippen LogP contribution >= 0.6 is 0 Å². The van der Waals surface area contributed by atoms with Crippen LogP contribution in [0.3, 0.4) is 0 Å². The van der Waals surface area contributed by atoms with E-state index in [9.17, 15) is 4.79 Å². The van der Waals surface area contributed by atoms with E-state index in [1.807, 2.05) is 40.7 Å². The number of allylic oxidation sites excluding steroid dienone is 1. The molecule has 1 amide bonds. The van der Waals surface area contributed by atoms with Gasteiger partial charge in [0.15, 0.2) is 0 Å². The van der Waals surface area contributed by atoms with E-state index in [1.54, 1.807) is 11.9 Å². The summed E-state index contributed by atoms with van der Waals surface area (Å²) in [5, 5.41) is 0. The van der Waals surface area contributed by atoms with Gasteiger partial charge in [0.25, 0.3) is 0 Å². The minimum absolute atomic E-state index is 0.186. The Balaban J connectivity index is 0. The predicted octanol–water partition coefficient (Wildman–Crippen LogP) is 3.40. The van der Waals surface area contributed by atoms with Crippen LogP contribution in [0.2, 0.25) is 0 Å². The number of carbonyl (C=O) groups is 1. The van der Waals surface area contributed by atoms with Gasteiger partial charge in [-0.05, 0) is 18.1 Å². The molecular formula is C13H25NO. The lowest BCUT2D eigenvalue weighted by Gasteiger charge is -2.25. The first-order valence-corrected chi connectivity index (χ1v) is 5.72. The lowest BCUT2D eigenvalue weighted by molar-refractivity contribution is -0.129.